The molecule has 6 heteroatoms. The molecule has 2 fully saturated rings. The molecule has 2 saturated heterocycles. The summed E-state index contributed by atoms with van der Waals surface area (Å²) in [5, 5.41) is 3.48. The van der Waals surface area contributed by atoms with Gasteiger partial charge in [0, 0.05) is 25.4 Å². The van der Waals surface area contributed by atoms with Gasteiger partial charge in [-0.1, -0.05) is 0 Å². The van der Waals surface area contributed by atoms with Gasteiger partial charge in [0.15, 0.2) is 9.84 Å². The fraction of sp³-hybridized carbons (Fsp3) is 0.917. The van der Waals surface area contributed by atoms with Crippen LogP contribution in [0, 0.1) is 5.92 Å². The number of likely N-dealkylation sites (tertiary alicyclic amines) is 1. The van der Waals surface area contributed by atoms with Crippen LogP contribution in [-0.2, 0) is 14.6 Å². The molecule has 0 spiro atoms. The Hall–Kier alpha value is -0.620. The van der Waals surface area contributed by atoms with Crippen LogP contribution in [0.1, 0.15) is 25.7 Å². The Labute approximate surface area is 109 Å². The lowest BCUT2D eigenvalue weighted by Gasteiger charge is -2.35. The van der Waals surface area contributed by atoms with Crippen molar-refractivity contribution in [2.45, 2.75) is 31.7 Å². The van der Waals surface area contributed by atoms with Crippen molar-refractivity contribution < 1.29 is 13.2 Å². The number of nitrogens with zero attached hydrogens (tertiary/aromatic N) is 1. The number of hydrogen-bond acceptors (Lipinski definition) is 4. The highest BCUT2D eigenvalue weighted by molar-refractivity contribution is 7.91. The zero-order valence-electron chi connectivity index (χ0n) is 10.9. The fourth-order valence-corrected chi connectivity index (χ4v) is 3.63. The van der Waals surface area contributed by atoms with E-state index in [2.05, 4.69) is 5.32 Å². The Bertz CT molecular complexity index is 402. The molecule has 104 valence electrons. The molecule has 1 amide bonds. The first kappa shape index (κ1) is 13.8. The monoisotopic (exact) mass is 274 g/mol. The highest BCUT2D eigenvalue weighted by atomic mass is 32.2. The predicted octanol–water partition coefficient (Wildman–Crippen LogP) is 0.0216. The topological polar surface area (TPSA) is 66.5 Å². The van der Waals surface area contributed by atoms with Gasteiger partial charge in [0.2, 0.25) is 5.91 Å². The smallest absolute Gasteiger partial charge is 0.237 e. The summed E-state index contributed by atoms with van der Waals surface area (Å²) in [6.45, 7) is 2.49. The number of rotatable bonds is 3. The zero-order chi connectivity index (χ0) is 13.2. The van der Waals surface area contributed by atoms with Crippen LogP contribution in [-0.4, -0.2) is 56.9 Å². The van der Waals surface area contributed by atoms with Crippen molar-refractivity contribution in [1.29, 1.82) is 0 Å². The Morgan fingerprint density at radius 2 is 2.11 bits per heavy atom. The molecule has 0 saturated carbocycles. The maximum Gasteiger partial charge on any atom is 0.237 e. The van der Waals surface area contributed by atoms with Crippen molar-refractivity contribution in [2.75, 3.05) is 31.6 Å². The lowest BCUT2D eigenvalue weighted by atomic mass is 9.90. The van der Waals surface area contributed by atoms with Gasteiger partial charge in [0.05, 0.1) is 0 Å². The molecule has 2 aliphatic heterocycles. The first-order valence-corrected chi connectivity index (χ1v) is 8.70. The first-order valence-electron chi connectivity index (χ1n) is 6.64. The van der Waals surface area contributed by atoms with Crippen LogP contribution < -0.4 is 5.32 Å². The van der Waals surface area contributed by atoms with E-state index in [0.29, 0.717) is 25.0 Å². The summed E-state index contributed by atoms with van der Waals surface area (Å²) in [6.07, 6.45) is 5.63. The summed E-state index contributed by atoms with van der Waals surface area (Å²) >= 11 is 0. The van der Waals surface area contributed by atoms with E-state index in [-0.39, 0.29) is 11.7 Å². The van der Waals surface area contributed by atoms with Gasteiger partial charge in [0.25, 0.3) is 0 Å². The Morgan fingerprint density at radius 3 is 2.72 bits per heavy atom. The second-order valence-corrected chi connectivity index (χ2v) is 7.66. The molecule has 0 aromatic rings. The second-order valence-electron chi connectivity index (χ2n) is 5.51. The van der Waals surface area contributed by atoms with Crippen molar-refractivity contribution in [3.63, 3.8) is 0 Å². The van der Waals surface area contributed by atoms with Crippen molar-refractivity contribution >= 4 is 15.7 Å². The lowest BCUT2D eigenvalue weighted by Crippen LogP contribution is -2.47. The summed E-state index contributed by atoms with van der Waals surface area (Å²) in [6, 6.07) is 0.513. The highest BCUT2D eigenvalue weighted by Gasteiger charge is 2.31. The number of carbonyl (C=O) groups excluding carboxylic acids is 1. The van der Waals surface area contributed by atoms with Gasteiger partial charge in [-0.15, -0.1) is 0 Å². The van der Waals surface area contributed by atoms with Crippen molar-refractivity contribution in [3.05, 3.63) is 0 Å². The lowest BCUT2D eigenvalue weighted by molar-refractivity contribution is -0.130. The van der Waals surface area contributed by atoms with Gasteiger partial charge in [-0.25, -0.2) is 8.42 Å². The van der Waals surface area contributed by atoms with Crippen LogP contribution in [0.5, 0.6) is 0 Å². The van der Waals surface area contributed by atoms with Gasteiger partial charge in [-0.2, -0.15) is 0 Å². The fourth-order valence-electron chi connectivity index (χ4n) is 2.99. The summed E-state index contributed by atoms with van der Waals surface area (Å²) in [4.78, 5) is 13.6. The summed E-state index contributed by atoms with van der Waals surface area (Å²) in [5.41, 5.74) is 0. The molecule has 18 heavy (non-hydrogen) atoms. The number of sulfone groups is 1. The van der Waals surface area contributed by atoms with E-state index in [1.165, 1.54) is 12.8 Å². The molecule has 2 rings (SSSR count). The van der Waals surface area contributed by atoms with E-state index < -0.39 is 9.84 Å². The molecule has 0 aromatic heterocycles. The SMILES string of the molecule is CS(=O)(=O)CC(=O)N1CCCC(C2CCCN2)C1. The highest BCUT2D eigenvalue weighted by Crippen LogP contribution is 2.24. The standard InChI is InChI=1S/C12H22N2O3S/c1-18(16,17)9-12(15)14-7-3-4-10(8-14)11-5-2-6-13-11/h10-11,13H,2-9H2,1H3. The van der Waals surface area contributed by atoms with Crippen LogP contribution in [0.25, 0.3) is 0 Å². The third kappa shape index (κ3) is 3.68. The van der Waals surface area contributed by atoms with Gasteiger partial charge in [-0.3, -0.25) is 4.79 Å². The first-order chi connectivity index (χ1) is 8.46. The number of piperidine rings is 1. The minimum atomic E-state index is -3.22. The van der Waals surface area contributed by atoms with Crippen molar-refractivity contribution in [2.24, 2.45) is 5.92 Å². The molecule has 2 unspecified atom stereocenters. The Kier molecular flexibility index (Phi) is 4.27. The molecule has 1 N–H and O–H groups in total. The third-order valence-electron chi connectivity index (χ3n) is 3.86. The molecule has 2 heterocycles. The molecule has 0 aliphatic carbocycles. The summed E-state index contributed by atoms with van der Waals surface area (Å²) in [5.74, 6) is -0.0948. The molecule has 0 aromatic carbocycles. The van der Waals surface area contributed by atoms with Crippen LogP contribution in [0.15, 0.2) is 0 Å². The number of carbonyl (C=O) groups is 1. The van der Waals surface area contributed by atoms with Gasteiger partial charge >= 0.3 is 0 Å². The maximum atomic E-state index is 11.9. The molecule has 2 atom stereocenters. The van der Waals surface area contributed by atoms with Crippen LogP contribution in [0.3, 0.4) is 0 Å². The van der Waals surface area contributed by atoms with E-state index in [9.17, 15) is 13.2 Å². The van der Waals surface area contributed by atoms with Crippen LogP contribution in [0.2, 0.25) is 0 Å². The summed E-state index contributed by atoms with van der Waals surface area (Å²) in [7, 11) is -3.22. The largest absolute Gasteiger partial charge is 0.341 e. The van der Waals surface area contributed by atoms with Crippen LogP contribution in [0.4, 0.5) is 0 Å². The molecule has 0 bridgehead atoms. The molecule has 0 radical (unpaired) electrons. The maximum absolute atomic E-state index is 11.9. The number of hydrogen-bond donors (Lipinski definition) is 1. The second kappa shape index (κ2) is 5.57. The van der Waals surface area contributed by atoms with Gasteiger partial charge in [0.1, 0.15) is 5.75 Å². The zero-order valence-corrected chi connectivity index (χ0v) is 11.7. The van der Waals surface area contributed by atoms with Gasteiger partial charge in [-0.05, 0) is 38.1 Å². The van der Waals surface area contributed by atoms with E-state index in [4.69, 9.17) is 0 Å². The number of amides is 1. The number of nitrogens with one attached hydrogen (secondary N) is 1. The average Bonchev–Trinajstić information content (AvgIpc) is 2.80. The van der Waals surface area contributed by atoms with Crippen molar-refractivity contribution in [1.82, 2.24) is 10.2 Å². The average molecular weight is 274 g/mol. The molecule has 2 aliphatic rings. The summed E-state index contributed by atoms with van der Waals surface area (Å²) < 4.78 is 22.3. The van der Waals surface area contributed by atoms with Crippen LogP contribution >= 0.6 is 0 Å². The van der Waals surface area contributed by atoms with Gasteiger partial charge < -0.3 is 10.2 Å². The molecule has 5 nitrogen and oxygen atoms in total. The minimum Gasteiger partial charge on any atom is -0.341 e. The minimum absolute atomic E-state index is 0.236. The Balaban J connectivity index is 1.91. The molecular formula is C12H22N2O3S. The Morgan fingerprint density at radius 1 is 1.33 bits per heavy atom. The van der Waals surface area contributed by atoms with E-state index in [1.807, 2.05) is 0 Å². The third-order valence-corrected chi connectivity index (χ3v) is 4.64. The van der Waals surface area contributed by atoms with E-state index in [0.717, 1.165) is 25.6 Å². The molecular weight excluding hydrogens is 252 g/mol. The van der Waals surface area contributed by atoms with Crippen molar-refractivity contribution in [3.8, 4) is 0 Å². The quantitative estimate of drug-likeness (QED) is 0.788. The normalized spacial score (nSPS) is 29.5. The predicted molar refractivity (Wildman–Crippen MR) is 70.0 cm³/mol. The van der Waals surface area contributed by atoms with E-state index in [1.54, 1.807) is 4.90 Å². The van der Waals surface area contributed by atoms with E-state index >= 15 is 0 Å².